The Morgan fingerprint density at radius 1 is 1.43 bits per heavy atom. The smallest absolute Gasteiger partial charge is 0.244 e. The van der Waals surface area contributed by atoms with Crippen molar-refractivity contribution in [1.29, 1.82) is 0 Å². The maximum Gasteiger partial charge on any atom is 0.244 e. The summed E-state index contributed by atoms with van der Waals surface area (Å²) >= 11 is 0. The summed E-state index contributed by atoms with van der Waals surface area (Å²) in [7, 11) is 0. The SMILES string of the molecule is CC=CC=CC(=O)NCC(N)C(C)C. The Balaban J connectivity index is 3.74. The molecule has 0 radical (unpaired) electrons. The Labute approximate surface area is 86.1 Å². The van der Waals surface area contributed by atoms with Gasteiger partial charge in [0.1, 0.15) is 0 Å². The van der Waals surface area contributed by atoms with Crippen LogP contribution in [0.2, 0.25) is 0 Å². The van der Waals surface area contributed by atoms with Crippen LogP contribution in [-0.2, 0) is 4.79 Å². The molecule has 0 bridgehead atoms. The van der Waals surface area contributed by atoms with Crippen molar-refractivity contribution in [2.45, 2.75) is 26.8 Å². The topological polar surface area (TPSA) is 55.1 Å². The maximum absolute atomic E-state index is 11.2. The number of hydrogen-bond donors (Lipinski definition) is 2. The summed E-state index contributed by atoms with van der Waals surface area (Å²) in [6, 6.07) is 0.0223. The molecule has 0 aromatic carbocycles. The Hall–Kier alpha value is -1.09. The van der Waals surface area contributed by atoms with Crippen LogP contribution in [0.3, 0.4) is 0 Å². The van der Waals surface area contributed by atoms with Crippen molar-refractivity contribution in [3.8, 4) is 0 Å². The van der Waals surface area contributed by atoms with Crippen LogP contribution >= 0.6 is 0 Å². The van der Waals surface area contributed by atoms with Crippen molar-refractivity contribution in [3.05, 3.63) is 24.3 Å². The first-order valence-electron chi connectivity index (χ1n) is 4.90. The van der Waals surface area contributed by atoms with Gasteiger partial charge in [0.2, 0.25) is 5.91 Å². The molecule has 0 aromatic rings. The van der Waals surface area contributed by atoms with E-state index in [9.17, 15) is 4.79 Å². The molecule has 0 fully saturated rings. The number of amides is 1. The van der Waals surface area contributed by atoms with E-state index in [1.807, 2.05) is 32.9 Å². The standard InChI is InChI=1S/C11H20N2O/c1-4-5-6-7-11(14)13-8-10(12)9(2)3/h4-7,9-10H,8,12H2,1-3H3,(H,13,14). The van der Waals surface area contributed by atoms with Crippen LogP contribution in [0.5, 0.6) is 0 Å². The Morgan fingerprint density at radius 2 is 2.07 bits per heavy atom. The van der Waals surface area contributed by atoms with Crippen LogP contribution in [0.1, 0.15) is 20.8 Å². The Bertz CT molecular complexity index is 219. The van der Waals surface area contributed by atoms with E-state index in [1.54, 1.807) is 6.08 Å². The highest BCUT2D eigenvalue weighted by Gasteiger charge is 2.07. The molecule has 3 nitrogen and oxygen atoms in total. The maximum atomic E-state index is 11.2. The zero-order chi connectivity index (χ0) is 11.0. The van der Waals surface area contributed by atoms with Crippen molar-refractivity contribution in [3.63, 3.8) is 0 Å². The predicted molar refractivity (Wildman–Crippen MR) is 59.8 cm³/mol. The van der Waals surface area contributed by atoms with Gasteiger partial charge in [-0.3, -0.25) is 4.79 Å². The highest BCUT2D eigenvalue weighted by atomic mass is 16.1. The fourth-order valence-corrected chi connectivity index (χ4v) is 0.767. The molecule has 80 valence electrons. The number of carbonyl (C=O) groups excluding carboxylic acids is 1. The number of carbonyl (C=O) groups is 1. The number of nitrogens with one attached hydrogen (secondary N) is 1. The third-order valence-corrected chi connectivity index (χ3v) is 1.92. The van der Waals surface area contributed by atoms with E-state index < -0.39 is 0 Å². The molecule has 1 unspecified atom stereocenters. The molecule has 14 heavy (non-hydrogen) atoms. The molecule has 0 aliphatic heterocycles. The van der Waals surface area contributed by atoms with Crippen LogP contribution in [0.4, 0.5) is 0 Å². The van der Waals surface area contributed by atoms with Gasteiger partial charge in [0.05, 0.1) is 0 Å². The molecule has 0 aromatic heterocycles. The molecule has 0 aliphatic carbocycles. The number of nitrogens with two attached hydrogens (primary N) is 1. The lowest BCUT2D eigenvalue weighted by molar-refractivity contribution is -0.116. The highest BCUT2D eigenvalue weighted by Crippen LogP contribution is 1.95. The van der Waals surface area contributed by atoms with Gasteiger partial charge in [0.15, 0.2) is 0 Å². The van der Waals surface area contributed by atoms with Crippen molar-refractivity contribution in [2.24, 2.45) is 11.7 Å². The van der Waals surface area contributed by atoms with Crippen LogP contribution in [0, 0.1) is 5.92 Å². The summed E-state index contributed by atoms with van der Waals surface area (Å²) in [5, 5.41) is 2.74. The molecule has 0 saturated heterocycles. The van der Waals surface area contributed by atoms with Gasteiger partial charge in [-0.15, -0.1) is 0 Å². The zero-order valence-corrected chi connectivity index (χ0v) is 9.16. The summed E-state index contributed by atoms with van der Waals surface area (Å²) in [6.07, 6.45) is 6.87. The Kier molecular flexibility index (Phi) is 6.76. The van der Waals surface area contributed by atoms with Crippen molar-refractivity contribution in [1.82, 2.24) is 5.32 Å². The number of allylic oxidation sites excluding steroid dienone is 3. The average Bonchev–Trinajstić information content (AvgIpc) is 2.14. The minimum absolute atomic E-state index is 0.0223. The monoisotopic (exact) mass is 196 g/mol. The second-order valence-corrected chi connectivity index (χ2v) is 3.54. The first kappa shape index (κ1) is 12.9. The van der Waals surface area contributed by atoms with Gasteiger partial charge in [-0.25, -0.2) is 0 Å². The summed E-state index contributed by atoms with van der Waals surface area (Å²) in [5.74, 6) is 0.286. The minimum Gasteiger partial charge on any atom is -0.351 e. The fraction of sp³-hybridized carbons (Fsp3) is 0.545. The van der Waals surface area contributed by atoms with Gasteiger partial charge in [-0.2, -0.15) is 0 Å². The van der Waals surface area contributed by atoms with Crippen LogP contribution in [0.15, 0.2) is 24.3 Å². The summed E-state index contributed by atoms with van der Waals surface area (Å²) in [6.45, 7) is 6.49. The van der Waals surface area contributed by atoms with Crippen molar-refractivity contribution >= 4 is 5.91 Å². The van der Waals surface area contributed by atoms with E-state index >= 15 is 0 Å². The summed E-state index contributed by atoms with van der Waals surface area (Å²) in [5.41, 5.74) is 5.77. The zero-order valence-electron chi connectivity index (χ0n) is 9.16. The lowest BCUT2D eigenvalue weighted by atomic mass is 10.1. The molecule has 1 amide bonds. The second kappa shape index (κ2) is 7.33. The molecule has 0 heterocycles. The largest absolute Gasteiger partial charge is 0.351 e. The summed E-state index contributed by atoms with van der Waals surface area (Å²) < 4.78 is 0. The third kappa shape index (κ3) is 6.43. The van der Waals surface area contributed by atoms with Crippen molar-refractivity contribution < 1.29 is 4.79 Å². The number of rotatable bonds is 5. The molecule has 0 saturated carbocycles. The van der Waals surface area contributed by atoms with E-state index in [0.717, 1.165) is 0 Å². The summed E-state index contributed by atoms with van der Waals surface area (Å²) in [4.78, 5) is 11.2. The molecular weight excluding hydrogens is 176 g/mol. The van der Waals surface area contributed by atoms with Crippen molar-refractivity contribution in [2.75, 3.05) is 6.54 Å². The number of hydrogen-bond acceptors (Lipinski definition) is 2. The molecule has 1 atom stereocenters. The van der Waals surface area contributed by atoms with E-state index in [1.165, 1.54) is 6.08 Å². The van der Waals surface area contributed by atoms with Gasteiger partial charge >= 0.3 is 0 Å². The van der Waals surface area contributed by atoms with E-state index in [-0.39, 0.29) is 11.9 Å². The van der Waals surface area contributed by atoms with Crippen LogP contribution < -0.4 is 11.1 Å². The second-order valence-electron chi connectivity index (χ2n) is 3.54. The molecular formula is C11H20N2O. The predicted octanol–water partition coefficient (Wildman–Crippen LogP) is 1.22. The van der Waals surface area contributed by atoms with Gasteiger partial charge < -0.3 is 11.1 Å². The molecule has 0 aliphatic rings. The molecule has 0 rings (SSSR count). The fourth-order valence-electron chi connectivity index (χ4n) is 0.767. The first-order valence-corrected chi connectivity index (χ1v) is 4.90. The molecule has 0 spiro atoms. The normalized spacial score (nSPS) is 14.1. The van der Waals surface area contributed by atoms with Crippen LogP contribution in [0.25, 0.3) is 0 Å². The van der Waals surface area contributed by atoms with Gasteiger partial charge in [0.25, 0.3) is 0 Å². The van der Waals surface area contributed by atoms with Crippen LogP contribution in [-0.4, -0.2) is 18.5 Å². The Morgan fingerprint density at radius 3 is 2.57 bits per heavy atom. The van der Waals surface area contributed by atoms with Gasteiger partial charge in [0, 0.05) is 18.7 Å². The molecule has 3 heteroatoms. The third-order valence-electron chi connectivity index (χ3n) is 1.92. The van der Waals surface area contributed by atoms with Gasteiger partial charge in [-0.05, 0) is 12.8 Å². The highest BCUT2D eigenvalue weighted by molar-refractivity contribution is 5.87. The lowest BCUT2D eigenvalue weighted by Gasteiger charge is -2.15. The quantitative estimate of drug-likeness (QED) is 0.513. The minimum atomic E-state index is -0.0980. The van der Waals surface area contributed by atoms with Gasteiger partial charge in [-0.1, -0.05) is 32.1 Å². The lowest BCUT2D eigenvalue weighted by Crippen LogP contribution is -2.39. The van der Waals surface area contributed by atoms with E-state index in [2.05, 4.69) is 5.32 Å². The average molecular weight is 196 g/mol. The van der Waals surface area contributed by atoms with E-state index in [4.69, 9.17) is 5.73 Å². The molecule has 3 N–H and O–H groups in total. The van der Waals surface area contributed by atoms with E-state index in [0.29, 0.717) is 12.5 Å². The first-order chi connectivity index (χ1) is 6.57.